The van der Waals surface area contributed by atoms with Crippen molar-refractivity contribution in [2.45, 2.75) is 58.2 Å². The minimum atomic E-state index is -0.373. The van der Waals surface area contributed by atoms with Crippen molar-refractivity contribution in [3.63, 3.8) is 0 Å². The van der Waals surface area contributed by atoms with Crippen LogP contribution in [0.2, 0.25) is 0 Å². The highest BCUT2D eigenvalue weighted by Gasteiger charge is 2.29. The van der Waals surface area contributed by atoms with Gasteiger partial charge >= 0.3 is 5.97 Å². The number of fused-ring (bicyclic) bond motifs is 1. The van der Waals surface area contributed by atoms with Crippen LogP contribution in [0.4, 0.5) is 5.00 Å². The van der Waals surface area contributed by atoms with Gasteiger partial charge in [-0.1, -0.05) is 18.7 Å². The maximum Gasteiger partial charge on any atom is 0.341 e. The van der Waals surface area contributed by atoms with Crippen LogP contribution in [0.15, 0.2) is 5.16 Å². The summed E-state index contributed by atoms with van der Waals surface area (Å²) in [6, 6.07) is 0. The van der Waals surface area contributed by atoms with Gasteiger partial charge in [0.05, 0.1) is 17.4 Å². The Morgan fingerprint density at radius 3 is 2.82 bits per heavy atom. The number of nitrogens with one attached hydrogen (secondary N) is 1. The normalized spacial score (nSPS) is 16.1. The topological polar surface area (TPSA) is 112 Å². The van der Waals surface area contributed by atoms with Crippen molar-refractivity contribution >= 4 is 40.0 Å². The maximum absolute atomic E-state index is 12.7. The smallest absolute Gasteiger partial charge is 0.341 e. The average molecular weight is 424 g/mol. The third-order valence-electron chi connectivity index (χ3n) is 4.48. The molecule has 152 valence electrons. The molecule has 0 bridgehead atoms. The number of hydrogen-bond acceptors (Lipinski definition) is 8. The van der Waals surface area contributed by atoms with Gasteiger partial charge in [-0.3, -0.25) is 4.79 Å². The van der Waals surface area contributed by atoms with E-state index in [0.717, 1.165) is 29.7 Å². The summed E-state index contributed by atoms with van der Waals surface area (Å²) in [6.45, 7) is 7.58. The number of hydrogen-bond donors (Lipinski definition) is 2. The van der Waals surface area contributed by atoms with Crippen LogP contribution in [0.1, 0.15) is 53.8 Å². The lowest BCUT2D eigenvalue weighted by atomic mass is 9.88. The number of nitrogens with two attached hydrogens (primary N) is 1. The van der Waals surface area contributed by atoms with Crippen molar-refractivity contribution in [2.75, 3.05) is 16.9 Å². The Bertz CT molecular complexity index is 890. The van der Waals surface area contributed by atoms with Gasteiger partial charge in [-0.25, -0.2) is 9.47 Å². The number of carbonyl (C=O) groups is 2. The number of anilines is 1. The molecule has 0 aromatic carbocycles. The zero-order valence-electron chi connectivity index (χ0n) is 16.4. The molecule has 0 spiro atoms. The standard InChI is InChI=1S/C18H25N5O3S2/c1-9(2)26-17(25)15-12-6-5-10(3)7-13(12)28-16(15)20-14(24)8-27-18-22-21-11(4)23(18)19/h9-10H,5-8,19H2,1-4H3,(H,20,24)/t10-/m1/s1. The SMILES string of the molecule is Cc1nnc(SCC(=O)Nc2sc3c(c2C(=O)OC(C)C)CC[C@@H](C)C3)n1N. The molecule has 28 heavy (non-hydrogen) atoms. The molecule has 0 aliphatic heterocycles. The molecule has 2 aromatic heterocycles. The highest BCUT2D eigenvalue weighted by atomic mass is 32.2. The van der Waals surface area contributed by atoms with Gasteiger partial charge in [-0.2, -0.15) is 0 Å². The van der Waals surface area contributed by atoms with E-state index in [1.807, 2.05) is 13.8 Å². The van der Waals surface area contributed by atoms with Gasteiger partial charge in [0.1, 0.15) is 10.8 Å². The van der Waals surface area contributed by atoms with Gasteiger partial charge in [-0.05, 0) is 51.5 Å². The van der Waals surface area contributed by atoms with Crippen LogP contribution in [0.25, 0.3) is 0 Å². The average Bonchev–Trinajstić information content (AvgIpc) is 3.12. The van der Waals surface area contributed by atoms with Gasteiger partial charge in [0.25, 0.3) is 0 Å². The molecular weight excluding hydrogens is 398 g/mol. The van der Waals surface area contributed by atoms with Crippen LogP contribution in [0.5, 0.6) is 0 Å². The van der Waals surface area contributed by atoms with E-state index >= 15 is 0 Å². The van der Waals surface area contributed by atoms with Crippen LogP contribution < -0.4 is 11.2 Å². The van der Waals surface area contributed by atoms with Crippen LogP contribution >= 0.6 is 23.1 Å². The predicted octanol–water partition coefficient (Wildman–Crippen LogP) is 2.78. The lowest BCUT2D eigenvalue weighted by Gasteiger charge is -2.18. The minimum Gasteiger partial charge on any atom is -0.459 e. The second-order valence-electron chi connectivity index (χ2n) is 7.25. The molecule has 0 unspecified atom stereocenters. The Hall–Kier alpha value is -2.07. The molecule has 0 saturated heterocycles. The lowest BCUT2D eigenvalue weighted by molar-refractivity contribution is -0.113. The maximum atomic E-state index is 12.7. The van der Waals surface area contributed by atoms with Crippen molar-refractivity contribution in [3.8, 4) is 0 Å². The first-order chi connectivity index (χ1) is 13.3. The Morgan fingerprint density at radius 1 is 1.43 bits per heavy atom. The van der Waals surface area contributed by atoms with Gasteiger partial charge in [0.2, 0.25) is 11.1 Å². The molecule has 0 fully saturated rings. The molecule has 2 heterocycles. The fourth-order valence-electron chi connectivity index (χ4n) is 3.07. The van der Waals surface area contributed by atoms with Gasteiger partial charge < -0.3 is 15.9 Å². The first-order valence-corrected chi connectivity index (χ1v) is 11.0. The van der Waals surface area contributed by atoms with Gasteiger partial charge in [0, 0.05) is 4.88 Å². The number of carbonyl (C=O) groups excluding carboxylic acids is 2. The summed E-state index contributed by atoms with van der Waals surface area (Å²) < 4.78 is 6.77. The molecule has 1 atom stereocenters. The van der Waals surface area contributed by atoms with Crippen LogP contribution in [0.3, 0.4) is 0 Å². The zero-order valence-corrected chi connectivity index (χ0v) is 18.1. The van der Waals surface area contributed by atoms with E-state index in [0.29, 0.717) is 27.5 Å². The van der Waals surface area contributed by atoms with E-state index in [2.05, 4.69) is 22.4 Å². The Labute approximate surface area is 172 Å². The number of ether oxygens (including phenoxy) is 1. The molecule has 2 aromatic rings. The van der Waals surface area contributed by atoms with Crippen LogP contribution in [-0.2, 0) is 22.4 Å². The van der Waals surface area contributed by atoms with Crippen molar-refractivity contribution in [3.05, 3.63) is 21.8 Å². The molecule has 0 radical (unpaired) electrons. The second kappa shape index (κ2) is 8.52. The molecule has 0 saturated carbocycles. The fourth-order valence-corrected chi connectivity index (χ4v) is 5.19. The van der Waals surface area contributed by atoms with Crippen molar-refractivity contribution < 1.29 is 14.3 Å². The van der Waals surface area contributed by atoms with Crippen molar-refractivity contribution in [2.24, 2.45) is 5.92 Å². The Balaban J connectivity index is 1.77. The molecule has 1 aliphatic rings. The van der Waals surface area contributed by atoms with Gasteiger partial charge in [0.15, 0.2) is 0 Å². The number of amides is 1. The summed E-state index contributed by atoms with van der Waals surface area (Å²) in [4.78, 5) is 26.4. The lowest BCUT2D eigenvalue weighted by Crippen LogP contribution is -2.20. The number of thiophene rings is 1. The number of nitrogens with zero attached hydrogens (tertiary/aromatic N) is 3. The van der Waals surface area contributed by atoms with E-state index in [1.54, 1.807) is 6.92 Å². The third-order valence-corrected chi connectivity index (χ3v) is 6.59. The number of nitrogen functional groups attached to an aromatic ring is 1. The molecule has 1 amide bonds. The first-order valence-electron chi connectivity index (χ1n) is 9.21. The van der Waals surface area contributed by atoms with E-state index < -0.39 is 0 Å². The third kappa shape index (κ3) is 4.49. The highest BCUT2D eigenvalue weighted by Crippen LogP contribution is 2.40. The van der Waals surface area contributed by atoms with E-state index in [-0.39, 0.29) is 23.7 Å². The molecule has 8 nitrogen and oxygen atoms in total. The van der Waals surface area contributed by atoms with Crippen molar-refractivity contribution in [1.29, 1.82) is 0 Å². The summed E-state index contributed by atoms with van der Waals surface area (Å²) in [5.41, 5.74) is 1.53. The summed E-state index contributed by atoms with van der Waals surface area (Å²) in [5.74, 6) is 6.47. The first kappa shape index (κ1) is 20.7. The molecule has 1 aliphatic carbocycles. The molecular formula is C18H25N5O3S2. The number of thioether (sulfide) groups is 1. The van der Waals surface area contributed by atoms with Crippen LogP contribution in [0, 0.1) is 12.8 Å². The highest BCUT2D eigenvalue weighted by molar-refractivity contribution is 7.99. The second-order valence-corrected chi connectivity index (χ2v) is 9.29. The number of aryl methyl sites for hydroxylation is 1. The molecule has 10 heteroatoms. The number of rotatable bonds is 6. The zero-order chi connectivity index (χ0) is 20.4. The monoisotopic (exact) mass is 423 g/mol. The number of aromatic nitrogens is 3. The Kier molecular flexibility index (Phi) is 6.29. The summed E-state index contributed by atoms with van der Waals surface area (Å²) in [7, 11) is 0. The summed E-state index contributed by atoms with van der Waals surface area (Å²) >= 11 is 2.67. The quantitative estimate of drug-likeness (QED) is 0.417. The summed E-state index contributed by atoms with van der Waals surface area (Å²) in [6.07, 6.45) is 2.56. The predicted molar refractivity (Wildman–Crippen MR) is 110 cm³/mol. The largest absolute Gasteiger partial charge is 0.459 e. The van der Waals surface area contributed by atoms with E-state index in [1.165, 1.54) is 27.8 Å². The minimum absolute atomic E-state index is 0.118. The molecule has 3 rings (SSSR count). The summed E-state index contributed by atoms with van der Waals surface area (Å²) in [5, 5.41) is 11.7. The fraction of sp³-hybridized carbons (Fsp3) is 0.556. The Morgan fingerprint density at radius 2 is 2.18 bits per heavy atom. The van der Waals surface area contributed by atoms with Crippen LogP contribution in [-0.4, -0.2) is 38.6 Å². The van der Waals surface area contributed by atoms with E-state index in [9.17, 15) is 9.59 Å². The number of esters is 1. The molecule has 3 N–H and O–H groups in total. The van der Waals surface area contributed by atoms with E-state index in [4.69, 9.17) is 10.6 Å². The van der Waals surface area contributed by atoms with Gasteiger partial charge in [-0.15, -0.1) is 21.5 Å². The van der Waals surface area contributed by atoms with Crippen molar-refractivity contribution in [1.82, 2.24) is 14.9 Å².